The Morgan fingerprint density at radius 2 is 1.95 bits per heavy atom. The van der Waals surface area contributed by atoms with Crippen LogP contribution in [0.5, 0.6) is 0 Å². The minimum absolute atomic E-state index is 0.0406. The predicted molar refractivity (Wildman–Crippen MR) is 70.5 cm³/mol. The van der Waals surface area contributed by atoms with Crippen LogP contribution in [0.3, 0.4) is 0 Å². The number of hydrogen-bond donors (Lipinski definition) is 1. The summed E-state index contributed by atoms with van der Waals surface area (Å²) in [6.45, 7) is 1.75. The van der Waals surface area contributed by atoms with Gasteiger partial charge in [0.1, 0.15) is 17.3 Å². The van der Waals surface area contributed by atoms with Crippen LogP contribution in [0.2, 0.25) is 0 Å². The molecule has 0 amide bonds. The van der Waals surface area contributed by atoms with Crippen molar-refractivity contribution in [2.45, 2.75) is 20.0 Å². The van der Waals surface area contributed by atoms with Gasteiger partial charge in [-0.05, 0) is 13.0 Å². The first-order valence-corrected chi connectivity index (χ1v) is 5.97. The van der Waals surface area contributed by atoms with Crippen molar-refractivity contribution in [2.24, 2.45) is 0 Å². The van der Waals surface area contributed by atoms with Gasteiger partial charge in [-0.15, -0.1) is 0 Å². The number of aromatic nitrogens is 2. The van der Waals surface area contributed by atoms with E-state index in [-0.39, 0.29) is 17.8 Å². The maximum absolute atomic E-state index is 13.6. The monoisotopic (exact) mass is 281 g/mol. The van der Waals surface area contributed by atoms with Crippen molar-refractivity contribution in [3.05, 3.63) is 62.4 Å². The standard InChI is InChI=1S/C13H13F2N3O2/c1-2-17-7-11(16)12(19)18(13(17)20)6-8-3-4-9(14)5-10(8)15/h3-5,7H,2,6,16H2,1H3. The van der Waals surface area contributed by atoms with Gasteiger partial charge in [0.05, 0.1) is 6.54 Å². The van der Waals surface area contributed by atoms with E-state index < -0.39 is 22.9 Å². The second kappa shape index (κ2) is 5.28. The molecule has 0 atom stereocenters. The summed E-state index contributed by atoms with van der Waals surface area (Å²) < 4.78 is 28.5. The molecule has 7 heteroatoms. The van der Waals surface area contributed by atoms with Crippen molar-refractivity contribution in [1.82, 2.24) is 9.13 Å². The summed E-state index contributed by atoms with van der Waals surface area (Å²) >= 11 is 0. The molecule has 0 bridgehead atoms. The van der Waals surface area contributed by atoms with Crippen LogP contribution in [-0.2, 0) is 13.1 Å². The van der Waals surface area contributed by atoms with E-state index in [1.165, 1.54) is 16.8 Å². The fourth-order valence-corrected chi connectivity index (χ4v) is 1.86. The summed E-state index contributed by atoms with van der Waals surface area (Å²) in [5, 5.41) is 0. The third-order valence-corrected chi connectivity index (χ3v) is 2.95. The molecule has 5 nitrogen and oxygen atoms in total. The van der Waals surface area contributed by atoms with Gasteiger partial charge < -0.3 is 5.73 Å². The third-order valence-electron chi connectivity index (χ3n) is 2.95. The molecule has 2 aromatic rings. The topological polar surface area (TPSA) is 70.0 Å². The van der Waals surface area contributed by atoms with Crippen molar-refractivity contribution in [3.63, 3.8) is 0 Å². The Morgan fingerprint density at radius 1 is 1.25 bits per heavy atom. The van der Waals surface area contributed by atoms with Gasteiger partial charge in [-0.1, -0.05) is 6.07 Å². The third kappa shape index (κ3) is 2.47. The SMILES string of the molecule is CCn1cc(N)c(=O)n(Cc2ccc(F)cc2F)c1=O. The molecule has 0 unspecified atom stereocenters. The first-order chi connectivity index (χ1) is 9.43. The molecule has 0 spiro atoms. The van der Waals surface area contributed by atoms with Crippen molar-refractivity contribution in [3.8, 4) is 0 Å². The highest BCUT2D eigenvalue weighted by atomic mass is 19.1. The minimum Gasteiger partial charge on any atom is -0.393 e. The molecule has 2 rings (SSSR count). The first-order valence-electron chi connectivity index (χ1n) is 5.97. The fraction of sp³-hybridized carbons (Fsp3) is 0.231. The van der Waals surface area contributed by atoms with Crippen LogP contribution >= 0.6 is 0 Å². The molecule has 1 heterocycles. The van der Waals surface area contributed by atoms with Crippen molar-refractivity contribution in [2.75, 3.05) is 5.73 Å². The van der Waals surface area contributed by atoms with Crippen LogP contribution in [0.1, 0.15) is 12.5 Å². The summed E-state index contributed by atoms with van der Waals surface area (Å²) in [6, 6.07) is 2.95. The number of nitrogen functional groups attached to an aromatic ring is 1. The summed E-state index contributed by atoms with van der Waals surface area (Å²) in [4.78, 5) is 23.9. The van der Waals surface area contributed by atoms with Crippen LogP contribution in [0.25, 0.3) is 0 Å². The van der Waals surface area contributed by atoms with Gasteiger partial charge in [0.15, 0.2) is 0 Å². The van der Waals surface area contributed by atoms with E-state index in [0.29, 0.717) is 12.6 Å². The summed E-state index contributed by atoms with van der Waals surface area (Å²) in [5.74, 6) is -1.54. The maximum atomic E-state index is 13.6. The second-order valence-corrected chi connectivity index (χ2v) is 4.28. The van der Waals surface area contributed by atoms with E-state index in [0.717, 1.165) is 10.6 Å². The lowest BCUT2D eigenvalue weighted by Crippen LogP contribution is -2.40. The van der Waals surface area contributed by atoms with Crippen LogP contribution < -0.4 is 17.0 Å². The molecule has 1 aromatic heterocycles. The number of rotatable bonds is 3. The Hall–Kier alpha value is -2.44. The van der Waals surface area contributed by atoms with Gasteiger partial charge in [-0.3, -0.25) is 13.9 Å². The van der Waals surface area contributed by atoms with Crippen molar-refractivity contribution in [1.29, 1.82) is 0 Å². The van der Waals surface area contributed by atoms with E-state index in [1.54, 1.807) is 6.92 Å². The smallest absolute Gasteiger partial charge is 0.331 e. The molecule has 20 heavy (non-hydrogen) atoms. The number of benzene rings is 1. The van der Waals surface area contributed by atoms with Gasteiger partial charge in [0.25, 0.3) is 5.56 Å². The Morgan fingerprint density at radius 3 is 2.55 bits per heavy atom. The number of anilines is 1. The maximum Gasteiger partial charge on any atom is 0.331 e. The molecule has 0 fully saturated rings. The fourth-order valence-electron chi connectivity index (χ4n) is 1.86. The molecule has 0 saturated carbocycles. The molecule has 0 aliphatic carbocycles. The van der Waals surface area contributed by atoms with Gasteiger partial charge in [-0.25, -0.2) is 13.6 Å². The average molecular weight is 281 g/mol. The molecule has 0 aliphatic heterocycles. The predicted octanol–water partition coefficient (Wildman–Crippen LogP) is 0.939. The molecule has 2 N–H and O–H groups in total. The van der Waals surface area contributed by atoms with Gasteiger partial charge in [-0.2, -0.15) is 0 Å². The van der Waals surface area contributed by atoms with E-state index >= 15 is 0 Å². The highest BCUT2D eigenvalue weighted by Gasteiger charge is 2.11. The zero-order valence-electron chi connectivity index (χ0n) is 10.8. The van der Waals surface area contributed by atoms with Crippen molar-refractivity contribution < 1.29 is 8.78 Å². The number of nitrogens with two attached hydrogens (primary N) is 1. The van der Waals surface area contributed by atoms with Gasteiger partial charge >= 0.3 is 5.69 Å². The van der Waals surface area contributed by atoms with Gasteiger partial charge in [0, 0.05) is 24.4 Å². The largest absolute Gasteiger partial charge is 0.393 e. The molecule has 1 aromatic carbocycles. The Kier molecular flexibility index (Phi) is 3.69. The molecular weight excluding hydrogens is 268 g/mol. The highest BCUT2D eigenvalue weighted by Crippen LogP contribution is 2.10. The van der Waals surface area contributed by atoms with Crippen LogP contribution in [0, 0.1) is 11.6 Å². The molecule has 0 radical (unpaired) electrons. The number of nitrogens with zero attached hydrogens (tertiary/aromatic N) is 2. The number of aryl methyl sites for hydroxylation is 1. The zero-order chi connectivity index (χ0) is 14.9. The van der Waals surface area contributed by atoms with Crippen LogP contribution in [0.4, 0.5) is 14.5 Å². The molecule has 0 aliphatic rings. The first kappa shape index (κ1) is 14.0. The lowest BCUT2D eigenvalue weighted by atomic mass is 10.2. The number of halogens is 2. The second-order valence-electron chi connectivity index (χ2n) is 4.28. The Bertz CT molecular complexity index is 765. The molecule has 106 valence electrons. The highest BCUT2D eigenvalue weighted by molar-refractivity contribution is 5.31. The van der Waals surface area contributed by atoms with E-state index in [2.05, 4.69) is 0 Å². The quantitative estimate of drug-likeness (QED) is 0.910. The van der Waals surface area contributed by atoms with E-state index in [4.69, 9.17) is 5.73 Å². The van der Waals surface area contributed by atoms with E-state index in [9.17, 15) is 18.4 Å². The average Bonchev–Trinajstić information content (AvgIpc) is 2.41. The molecule has 0 saturated heterocycles. The summed E-state index contributed by atoms with van der Waals surface area (Å²) in [6.07, 6.45) is 1.25. The minimum atomic E-state index is -0.818. The normalized spacial score (nSPS) is 10.8. The van der Waals surface area contributed by atoms with Crippen molar-refractivity contribution >= 4 is 5.69 Å². The Balaban J connectivity index is 2.56. The molecular formula is C13H13F2N3O2. The zero-order valence-corrected chi connectivity index (χ0v) is 10.8. The van der Waals surface area contributed by atoms with Crippen LogP contribution in [0.15, 0.2) is 34.0 Å². The lowest BCUT2D eigenvalue weighted by molar-refractivity contribution is 0.550. The van der Waals surface area contributed by atoms with Crippen LogP contribution in [-0.4, -0.2) is 9.13 Å². The number of hydrogen-bond acceptors (Lipinski definition) is 3. The van der Waals surface area contributed by atoms with Gasteiger partial charge in [0.2, 0.25) is 0 Å². The summed E-state index contributed by atoms with van der Waals surface area (Å²) in [5.41, 5.74) is 4.19. The summed E-state index contributed by atoms with van der Waals surface area (Å²) in [7, 11) is 0. The van der Waals surface area contributed by atoms with E-state index in [1.807, 2.05) is 0 Å². The lowest BCUT2D eigenvalue weighted by Gasteiger charge is -2.10. The Labute approximate surface area is 112 Å².